The van der Waals surface area contributed by atoms with Crippen molar-refractivity contribution in [3.8, 4) is 5.75 Å². The monoisotopic (exact) mass is 280 g/mol. The van der Waals surface area contributed by atoms with Gasteiger partial charge in [0.25, 0.3) is 0 Å². The zero-order valence-electron chi connectivity index (χ0n) is 12.0. The van der Waals surface area contributed by atoms with Crippen LogP contribution in [-0.4, -0.2) is 31.1 Å². The fourth-order valence-electron chi connectivity index (χ4n) is 2.51. The first kappa shape index (κ1) is 14.6. The van der Waals surface area contributed by atoms with E-state index in [0.717, 1.165) is 18.4 Å². The van der Waals surface area contributed by atoms with Crippen LogP contribution in [0.3, 0.4) is 0 Å². The molecule has 20 heavy (non-hydrogen) atoms. The molecule has 0 radical (unpaired) electrons. The molecular formula is C15H21FN2O2. The summed E-state index contributed by atoms with van der Waals surface area (Å²) in [6, 6.07) is 4.93. The number of carbonyl (C=O) groups excluding carboxylic acids is 1. The van der Waals surface area contributed by atoms with Crippen LogP contribution in [0.2, 0.25) is 0 Å². The van der Waals surface area contributed by atoms with Crippen LogP contribution in [0.15, 0.2) is 18.2 Å². The largest absolute Gasteiger partial charge is 0.494 e. The predicted molar refractivity (Wildman–Crippen MR) is 75.2 cm³/mol. The van der Waals surface area contributed by atoms with Crippen molar-refractivity contribution in [1.82, 2.24) is 10.2 Å². The Morgan fingerprint density at radius 3 is 2.75 bits per heavy atom. The van der Waals surface area contributed by atoms with Crippen molar-refractivity contribution in [2.45, 2.75) is 38.3 Å². The molecule has 110 valence electrons. The number of amides is 2. The number of benzene rings is 1. The molecule has 4 nitrogen and oxygen atoms in total. The van der Waals surface area contributed by atoms with E-state index < -0.39 is 5.82 Å². The van der Waals surface area contributed by atoms with Gasteiger partial charge >= 0.3 is 6.03 Å². The second-order valence-electron chi connectivity index (χ2n) is 5.26. The highest BCUT2D eigenvalue weighted by Gasteiger charge is 2.19. The normalized spacial score (nSPS) is 15.2. The minimum absolute atomic E-state index is 0.104. The fraction of sp³-hybridized carbons (Fsp3) is 0.533. The molecule has 0 bridgehead atoms. The van der Waals surface area contributed by atoms with Gasteiger partial charge in [0, 0.05) is 19.6 Å². The number of hydrogen-bond acceptors (Lipinski definition) is 2. The van der Waals surface area contributed by atoms with Crippen LogP contribution >= 0.6 is 0 Å². The summed E-state index contributed by atoms with van der Waals surface area (Å²) < 4.78 is 18.5. The first-order valence-electron chi connectivity index (χ1n) is 6.94. The number of nitrogens with one attached hydrogen (secondary N) is 1. The van der Waals surface area contributed by atoms with E-state index in [1.165, 1.54) is 26.0 Å². The Bertz CT molecular complexity index is 473. The van der Waals surface area contributed by atoms with Gasteiger partial charge in [-0.1, -0.05) is 18.9 Å². The molecule has 0 aromatic heterocycles. The van der Waals surface area contributed by atoms with Crippen molar-refractivity contribution in [2.24, 2.45) is 0 Å². The van der Waals surface area contributed by atoms with Gasteiger partial charge in [-0.3, -0.25) is 0 Å². The van der Waals surface area contributed by atoms with E-state index in [9.17, 15) is 9.18 Å². The van der Waals surface area contributed by atoms with Crippen LogP contribution in [0.4, 0.5) is 9.18 Å². The summed E-state index contributed by atoms with van der Waals surface area (Å²) in [5.41, 5.74) is 0.743. The Balaban J connectivity index is 1.91. The third-order valence-corrected chi connectivity index (χ3v) is 3.67. The SMILES string of the molecule is COc1ccc(CN(C)C(=O)NC2CCCC2)cc1F. The molecule has 2 amide bonds. The van der Waals surface area contributed by atoms with E-state index in [4.69, 9.17) is 4.74 Å². The van der Waals surface area contributed by atoms with Gasteiger partial charge in [0.15, 0.2) is 11.6 Å². The highest BCUT2D eigenvalue weighted by molar-refractivity contribution is 5.74. The highest BCUT2D eigenvalue weighted by atomic mass is 19.1. The van der Waals surface area contributed by atoms with E-state index in [1.54, 1.807) is 24.1 Å². The van der Waals surface area contributed by atoms with Gasteiger partial charge in [0.1, 0.15) is 0 Å². The van der Waals surface area contributed by atoms with Gasteiger partial charge in [0.05, 0.1) is 7.11 Å². The molecule has 0 spiro atoms. The number of carbonyl (C=O) groups is 1. The Hall–Kier alpha value is -1.78. The van der Waals surface area contributed by atoms with Crippen LogP contribution < -0.4 is 10.1 Å². The van der Waals surface area contributed by atoms with Gasteiger partial charge in [-0.05, 0) is 30.5 Å². The summed E-state index contributed by atoms with van der Waals surface area (Å²) in [5.74, 6) is -0.193. The summed E-state index contributed by atoms with van der Waals surface area (Å²) in [6.07, 6.45) is 4.46. The number of urea groups is 1. The molecule has 2 rings (SSSR count). The predicted octanol–water partition coefficient (Wildman–Crippen LogP) is 2.92. The summed E-state index contributed by atoms with van der Waals surface area (Å²) in [6.45, 7) is 0.374. The van der Waals surface area contributed by atoms with Gasteiger partial charge in [-0.25, -0.2) is 9.18 Å². The molecule has 1 fully saturated rings. The topological polar surface area (TPSA) is 41.6 Å². The third kappa shape index (κ3) is 3.62. The van der Waals surface area contributed by atoms with Gasteiger partial charge in [0.2, 0.25) is 0 Å². The zero-order chi connectivity index (χ0) is 14.5. The van der Waals surface area contributed by atoms with Gasteiger partial charge < -0.3 is 15.0 Å². The number of nitrogens with zero attached hydrogens (tertiary/aromatic N) is 1. The van der Waals surface area contributed by atoms with Crippen molar-refractivity contribution in [3.05, 3.63) is 29.6 Å². The Morgan fingerprint density at radius 2 is 2.15 bits per heavy atom. The summed E-state index contributed by atoms with van der Waals surface area (Å²) in [7, 11) is 3.14. The van der Waals surface area contributed by atoms with Crippen molar-refractivity contribution >= 4 is 6.03 Å². The molecule has 0 aliphatic heterocycles. The first-order valence-corrected chi connectivity index (χ1v) is 6.94. The molecule has 1 aromatic carbocycles. The lowest BCUT2D eigenvalue weighted by atomic mass is 10.2. The average Bonchev–Trinajstić information content (AvgIpc) is 2.91. The zero-order valence-corrected chi connectivity index (χ0v) is 12.0. The van der Waals surface area contributed by atoms with E-state index in [-0.39, 0.29) is 17.8 Å². The maximum Gasteiger partial charge on any atom is 0.317 e. The number of rotatable bonds is 4. The number of methoxy groups -OCH3 is 1. The highest BCUT2D eigenvalue weighted by Crippen LogP contribution is 2.19. The van der Waals surface area contributed by atoms with Crippen LogP contribution in [0.1, 0.15) is 31.2 Å². The molecule has 1 aromatic rings. The maximum absolute atomic E-state index is 13.6. The van der Waals surface area contributed by atoms with Crippen LogP contribution in [-0.2, 0) is 6.54 Å². The maximum atomic E-state index is 13.6. The van der Waals surface area contributed by atoms with Gasteiger partial charge in [-0.2, -0.15) is 0 Å². The Morgan fingerprint density at radius 1 is 1.45 bits per heavy atom. The molecule has 0 atom stereocenters. The quantitative estimate of drug-likeness (QED) is 0.921. The summed E-state index contributed by atoms with van der Waals surface area (Å²) >= 11 is 0. The number of ether oxygens (including phenoxy) is 1. The molecule has 1 aliphatic rings. The average molecular weight is 280 g/mol. The second-order valence-corrected chi connectivity index (χ2v) is 5.26. The molecular weight excluding hydrogens is 259 g/mol. The van der Waals surface area contributed by atoms with E-state index in [1.807, 2.05) is 0 Å². The Kier molecular flexibility index (Phi) is 4.82. The van der Waals surface area contributed by atoms with Crippen LogP contribution in [0.5, 0.6) is 5.75 Å². The number of halogens is 1. The van der Waals surface area contributed by atoms with Crippen LogP contribution in [0.25, 0.3) is 0 Å². The first-order chi connectivity index (χ1) is 9.60. The van der Waals surface area contributed by atoms with Gasteiger partial charge in [-0.15, -0.1) is 0 Å². The van der Waals surface area contributed by atoms with Crippen molar-refractivity contribution in [3.63, 3.8) is 0 Å². The van der Waals surface area contributed by atoms with Crippen molar-refractivity contribution in [1.29, 1.82) is 0 Å². The molecule has 5 heteroatoms. The molecule has 1 N–H and O–H groups in total. The summed E-state index contributed by atoms with van der Waals surface area (Å²) in [5, 5.41) is 3.00. The Labute approximate surface area is 118 Å². The van der Waals surface area contributed by atoms with Crippen LogP contribution in [0, 0.1) is 5.82 Å². The van der Waals surface area contributed by atoms with Crippen molar-refractivity contribution < 1.29 is 13.9 Å². The molecule has 1 aliphatic carbocycles. The third-order valence-electron chi connectivity index (χ3n) is 3.67. The standard InChI is InChI=1S/C15H21FN2O2/c1-18(15(19)17-12-5-3-4-6-12)10-11-7-8-14(20-2)13(16)9-11/h7-9,12H,3-6,10H2,1-2H3,(H,17,19). The minimum Gasteiger partial charge on any atom is -0.494 e. The smallest absolute Gasteiger partial charge is 0.317 e. The molecule has 0 saturated heterocycles. The number of hydrogen-bond donors (Lipinski definition) is 1. The lowest BCUT2D eigenvalue weighted by molar-refractivity contribution is 0.202. The van der Waals surface area contributed by atoms with Crippen molar-refractivity contribution in [2.75, 3.05) is 14.2 Å². The summed E-state index contributed by atoms with van der Waals surface area (Å²) in [4.78, 5) is 13.6. The molecule has 0 heterocycles. The van der Waals surface area contributed by atoms with E-state index in [2.05, 4.69) is 5.32 Å². The lowest BCUT2D eigenvalue weighted by Gasteiger charge is -2.21. The minimum atomic E-state index is -0.408. The lowest BCUT2D eigenvalue weighted by Crippen LogP contribution is -2.41. The fourth-order valence-corrected chi connectivity index (χ4v) is 2.51. The molecule has 0 unspecified atom stereocenters. The van der Waals surface area contributed by atoms with E-state index >= 15 is 0 Å². The molecule has 1 saturated carbocycles. The second kappa shape index (κ2) is 6.59. The van der Waals surface area contributed by atoms with E-state index in [0.29, 0.717) is 6.54 Å².